The van der Waals surface area contributed by atoms with Crippen LogP contribution in [0.15, 0.2) is 36.7 Å². The fraction of sp³-hybridized carbons (Fsp3) is 0.333. The van der Waals surface area contributed by atoms with Gasteiger partial charge in [0.15, 0.2) is 0 Å². The van der Waals surface area contributed by atoms with E-state index in [1.807, 2.05) is 18.2 Å². The topological polar surface area (TPSA) is 37.8 Å². The molecule has 1 aromatic heterocycles. The van der Waals surface area contributed by atoms with Crippen molar-refractivity contribution >= 4 is 23.2 Å². The van der Waals surface area contributed by atoms with E-state index >= 15 is 0 Å². The summed E-state index contributed by atoms with van der Waals surface area (Å²) >= 11 is 12.3. The van der Waals surface area contributed by atoms with Crippen LogP contribution in [0, 0.1) is 0 Å². The van der Waals surface area contributed by atoms with Gasteiger partial charge in [0.05, 0.1) is 16.2 Å². The molecule has 1 aromatic carbocycles. The van der Waals surface area contributed by atoms with Crippen LogP contribution in [0.25, 0.3) is 0 Å². The van der Waals surface area contributed by atoms with Crippen LogP contribution in [0.3, 0.4) is 0 Å². The molecule has 0 amide bonds. The van der Waals surface area contributed by atoms with Crippen molar-refractivity contribution in [3.8, 4) is 0 Å². The first-order valence-corrected chi connectivity index (χ1v) is 7.40. The Kier molecular flexibility index (Phi) is 5.77. The van der Waals surface area contributed by atoms with E-state index in [0.29, 0.717) is 10.0 Å². The van der Waals surface area contributed by atoms with Crippen LogP contribution in [0.2, 0.25) is 10.0 Å². The number of nitrogens with one attached hydrogen (secondary N) is 1. The molecule has 5 heteroatoms. The van der Waals surface area contributed by atoms with Crippen LogP contribution in [0.4, 0.5) is 0 Å². The molecule has 106 valence electrons. The summed E-state index contributed by atoms with van der Waals surface area (Å²) in [6.07, 6.45) is 5.32. The lowest BCUT2D eigenvalue weighted by molar-refractivity contribution is 0.527. The molecule has 0 aliphatic rings. The van der Waals surface area contributed by atoms with Crippen LogP contribution in [0.5, 0.6) is 0 Å². The monoisotopic (exact) mass is 309 g/mol. The van der Waals surface area contributed by atoms with Crippen molar-refractivity contribution in [2.75, 3.05) is 6.54 Å². The summed E-state index contributed by atoms with van der Waals surface area (Å²) in [5.74, 6) is 0. The van der Waals surface area contributed by atoms with Gasteiger partial charge in [0, 0.05) is 12.2 Å². The summed E-state index contributed by atoms with van der Waals surface area (Å²) in [5.41, 5.74) is 2.13. The highest BCUT2D eigenvalue weighted by atomic mass is 35.5. The van der Waals surface area contributed by atoms with Crippen molar-refractivity contribution in [2.45, 2.75) is 25.8 Å². The molecule has 3 nitrogen and oxygen atoms in total. The maximum atomic E-state index is 6.27. The molecule has 1 N–H and O–H groups in total. The van der Waals surface area contributed by atoms with Gasteiger partial charge < -0.3 is 5.32 Å². The molecule has 0 spiro atoms. The predicted molar refractivity (Wildman–Crippen MR) is 83.2 cm³/mol. The van der Waals surface area contributed by atoms with Crippen molar-refractivity contribution in [3.63, 3.8) is 0 Å². The highest BCUT2D eigenvalue weighted by Gasteiger charge is 2.14. The molecule has 0 bridgehead atoms. The Bertz CT molecular complexity index is 546. The largest absolute Gasteiger partial charge is 0.310 e. The molecule has 2 rings (SSSR count). The average Bonchev–Trinajstić information content (AvgIpc) is 2.48. The first-order chi connectivity index (χ1) is 9.72. The smallest absolute Gasteiger partial charge is 0.0624 e. The zero-order valence-corrected chi connectivity index (χ0v) is 12.8. The van der Waals surface area contributed by atoms with Crippen molar-refractivity contribution in [1.29, 1.82) is 0 Å². The third-order valence-corrected chi connectivity index (χ3v) is 3.96. The molecule has 1 heterocycles. The van der Waals surface area contributed by atoms with E-state index in [1.165, 1.54) is 0 Å². The molecular formula is C15H17Cl2N3. The number of halogens is 2. The Labute approximate surface area is 129 Å². The molecule has 1 unspecified atom stereocenters. The van der Waals surface area contributed by atoms with E-state index in [4.69, 9.17) is 23.2 Å². The van der Waals surface area contributed by atoms with Crippen LogP contribution in [0.1, 0.15) is 30.5 Å². The molecule has 0 aliphatic carbocycles. The number of hydrogen-bond donors (Lipinski definition) is 1. The van der Waals surface area contributed by atoms with Gasteiger partial charge in [0.25, 0.3) is 0 Å². The van der Waals surface area contributed by atoms with Gasteiger partial charge in [0.1, 0.15) is 0 Å². The van der Waals surface area contributed by atoms with Gasteiger partial charge in [0.2, 0.25) is 0 Å². The van der Waals surface area contributed by atoms with Crippen LogP contribution < -0.4 is 5.32 Å². The summed E-state index contributed by atoms with van der Waals surface area (Å²) in [6.45, 7) is 3.08. The minimum atomic E-state index is 0.154. The highest BCUT2D eigenvalue weighted by molar-refractivity contribution is 6.42. The Morgan fingerprint density at radius 3 is 2.75 bits per heavy atom. The Morgan fingerprint density at radius 2 is 2.05 bits per heavy atom. The molecule has 0 saturated heterocycles. The van der Waals surface area contributed by atoms with Gasteiger partial charge >= 0.3 is 0 Å². The Hall–Kier alpha value is -1.16. The lowest BCUT2D eigenvalue weighted by atomic mass is 10.0. The van der Waals surface area contributed by atoms with E-state index < -0.39 is 0 Å². The zero-order chi connectivity index (χ0) is 14.4. The van der Waals surface area contributed by atoms with Gasteiger partial charge in [-0.05, 0) is 42.6 Å². The summed E-state index contributed by atoms with van der Waals surface area (Å²) in [6, 6.07) is 7.85. The summed E-state index contributed by atoms with van der Waals surface area (Å²) in [7, 11) is 0. The molecule has 2 aromatic rings. The number of rotatable bonds is 6. The first kappa shape index (κ1) is 15.2. The molecule has 20 heavy (non-hydrogen) atoms. The molecule has 0 fully saturated rings. The van der Waals surface area contributed by atoms with Crippen molar-refractivity contribution in [3.05, 3.63) is 57.8 Å². The quantitative estimate of drug-likeness (QED) is 0.874. The van der Waals surface area contributed by atoms with E-state index in [2.05, 4.69) is 22.4 Å². The lowest BCUT2D eigenvalue weighted by Crippen LogP contribution is -2.24. The standard InChI is InChI=1S/C15H17Cl2N3/c1-2-7-18-14(12-6-8-19-20-10-12)9-11-4-3-5-13(16)15(11)17/h3-6,8,10,14,18H,2,7,9H2,1H3. The van der Waals surface area contributed by atoms with Crippen molar-refractivity contribution in [1.82, 2.24) is 15.5 Å². The minimum absolute atomic E-state index is 0.154. The van der Waals surface area contributed by atoms with E-state index in [0.717, 1.165) is 30.5 Å². The number of benzene rings is 1. The minimum Gasteiger partial charge on any atom is -0.310 e. The van der Waals surface area contributed by atoms with E-state index in [-0.39, 0.29) is 6.04 Å². The molecular weight excluding hydrogens is 293 g/mol. The first-order valence-electron chi connectivity index (χ1n) is 6.65. The SMILES string of the molecule is CCCNC(Cc1cccc(Cl)c1Cl)c1ccnnc1. The lowest BCUT2D eigenvalue weighted by Gasteiger charge is -2.19. The number of aromatic nitrogens is 2. The summed E-state index contributed by atoms with van der Waals surface area (Å²) in [5, 5.41) is 12.5. The van der Waals surface area contributed by atoms with Crippen LogP contribution >= 0.6 is 23.2 Å². The Morgan fingerprint density at radius 1 is 1.20 bits per heavy atom. The zero-order valence-electron chi connectivity index (χ0n) is 11.3. The Balaban J connectivity index is 2.21. The highest BCUT2D eigenvalue weighted by Crippen LogP contribution is 2.29. The maximum Gasteiger partial charge on any atom is 0.0624 e. The third kappa shape index (κ3) is 3.92. The maximum absolute atomic E-state index is 6.27. The average molecular weight is 310 g/mol. The second-order valence-electron chi connectivity index (χ2n) is 4.60. The fourth-order valence-corrected chi connectivity index (χ4v) is 2.46. The number of nitrogens with zero attached hydrogens (tertiary/aromatic N) is 2. The van der Waals surface area contributed by atoms with Crippen LogP contribution in [-0.2, 0) is 6.42 Å². The summed E-state index contributed by atoms with van der Waals surface area (Å²) < 4.78 is 0. The van der Waals surface area contributed by atoms with E-state index in [1.54, 1.807) is 18.5 Å². The molecule has 0 aliphatic heterocycles. The predicted octanol–water partition coefficient (Wildman–Crippen LogP) is 4.07. The second kappa shape index (κ2) is 7.58. The van der Waals surface area contributed by atoms with Gasteiger partial charge in [-0.3, -0.25) is 0 Å². The molecule has 0 radical (unpaired) electrons. The third-order valence-electron chi connectivity index (χ3n) is 3.11. The fourth-order valence-electron chi connectivity index (χ4n) is 2.06. The normalized spacial score (nSPS) is 12.3. The van der Waals surface area contributed by atoms with Gasteiger partial charge in [-0.25, -0.2) is 0 Å². The van der Waals surface area contributed by atoms with E-state index in [9.17, 15) is 0 Å². The van der Waals surface area contributed by atoms with Gasteiger partial charge in [-0.15, -0.1) is 0 Å². The summed E-state index contributed by atoms with van der Waals surface area (Å²) in [4.78, 5) is 0. The number of hydrogen-bond acceptors (Lipinski definition) is 3. The van der Waals surface area contributed by atoms with Gasteiger partial charge in [-0.2, -0.15) is 10.2 Å². The van der Waals surface area contributed by atoms with Crippen molar-refractivity contribution in [2.24, 2.45) is 0 Å². The van der Waals surface area contributed by atoms with Gasteiger partial charge in [-0.1, -0.05) is 42.3 Å². The van der Waals surface area contributed by atoms with Crippen LogP contribution in [-0.4, -0.2) is 16.7 Å². The molecule has 1 atom stereocenters. The van der Waals surface area contributed by atoms with Crippen molar-refractivity contribution < 1.29 is 0 Å². The second-order valence-corrected chi connectivity index (χ2v) is 5.38. The molecule has 0 saturated carbocycles.